The van der Waals surface area contributed by atoms with E-state index in [0.29, 0.717) is 17.8 Å². The highest BCUT2D eigenvalue weighted by Gasteiger charge is 2.26. The molecule has 1 amide bonds. The van der Waals surface area contributed by atoms with Crippen molar-refractivity contribution in [1.82, 2.24) is 4.90 Å². The molecule has 132 valence electrons. The van der Waals surface area contributed by atoms with Crippen LogP contribution in [0.2, 0.25) is 0 Å². The van der Waals surface area contributed by atoms with Crippen LogP contribution < -0.4 is 5.32 Å². The molecule has 2 aromatic rings. The highest BCUT2D eigenvalue weighted by molar-refractivity contribution is 5.95. The summed E-state index contributed by atoms with van der Waals surface area (Å²) in [6, 6.07) is 13.9. The van der Waals surface area contributed by atoms with Gasteiger partial charge < -0.3 is 10.2 Å². The quantitative estimate of drug-likeness (QED) is 0.636. The van der Waals surface area contributed by atoms with E-state index in [-0.39, 0.29) is 23.2 Å². The summed E-state index contributed by atoms with van der Waals surface area (Å²) in [6.07, 6.45) is 2.00. The number of nitro benzene ring substituents is 1. The Kier molecular flexibility index (Phi) is 4.85. The Morgan fingerprint density at radius 3 is 2.77 bits per heavy atom. The van der Waals surface area contributed by atoms with Crippen LogP contribution in [-0.4, -0.2) is 28.8 Å². The first-order valence-corrected chi connectivity index (χ1v) is 8.27. The summed E-state index contributed by atoms with van der Waals surface area (Å²) in [6.45, 7) is 0.310. The van der Waals surface area contributed by atoms with Gasteiger partial charge in [-0.1, -0.05) is 12.1 Å². The normalized spacial score (nSPS) is 12.9. The fourth-order valence-corrected chi connectivity index (χ4v) is 2.69. The summed E-state index contributed by atoms with van der Waals surface area (Å²) >= 11 is 0. The van der Waals surface area contributed by atoms with Gasteiger partial charge in [0, 0.05) is 31.3 Å². The van der Waals surface area contributed by atoms with Crippen LogP contribution in [-0.2, 0) is 6.54 Å². The molecule has 1 aliphatic rings. The number of carbonyl (C=O) groups excluding carboxylic acids is 1. The van der Waals surface area contributed by atoms with Gasteiger partial charge >= 0.3 is 0 Å². The van der Waals surface area contributed by atoms with Gasteiger partial charge in [0.2, 0.25) is 0 Å². The Morgan fingerprint density at radius 2 is 2.12 bits per heavy atom. The van der Waals surface area contributed by atoms with Crippen molar-refractivity contribution in [3.63, 3.8) is 0 Å². The molecule has 0 aliphatic heterocycles. The van der Waals surface area contributed by atoms with E-state index >= 15 is 0 Å². The maximum atomic E-state index is 12.6. The van der Waals surface area contributed by atoms with Crippen molar-refractivity contribution in [2.75, 3.05) is 12.4 Å². The number of benzene rings is 2. The van der Waals surface area contributed by atoms with E-state index < -0.39 is 4.92 Å². The van der Waals surface area contributed by atoms with Gasteiger partial charge in [-0.25, -0.2) is 0 Å². The monoisotopic (exact) mass is 350 g/mol. The predicted octanol–water partition coefficient (Wildman–Crippen LogP) is 3.31. The van der Waals surface area contributed by atoms with Crippen molar-refractivity contribution in [1.29, 1.82) is 5.26 Å². The maximum Gasteiger partial charge on any atom is 0.293 e. The Labute approximate surface area is 151 Å². The molecule has 1 saturated carbocycles. The van der Waals surface area contributed by atoms with E-state index in [1.54, 1.807) is 37.4 Å². The Hall–Kier alpha value is -3.40. The minimum Gasteiger partial charge on any atom is -0.377 e. The number of carbonyl (C=O) groups is 1. The molecule has 0 radical (unpaired) electrons. The van der Waals surface area contributed by atoms with Gasteiger partial charge in [0.1, 0.15) is 5.69 Å². The summed E-state index contributed by atoms with van der Waals surface area (Å²) in [5.41, 5.74) is 1.95. The summed E-state index contributed by atoms with van der Waals surface area (Å²) in [4.78, 5) is 25.0. The smallest absolute Gasteiger partial charge is 0.293 e. The minimum atomic E-state index is -0.474. The lowest BCUT2D eigenvalue weighted by molar-refractivity contribution is -0.384. The van der Waals surface area contributed by atoms with Gasteiger partial charge in [-0.15, -0.1) is 0 Å². The second kappa shape index (κ2) is 7.23. The van der Waals surface area contributed by atoms with Gasteiger partial charge in [-0.2, -0.15) is 5.26 Å². The highest BCUT2D eigenvalue weighted by Crippen LogP contribution is 2.31. The van der Waals surface area contributed by atoms with Crippen molar-refractivity contribution in [2.45, 2.75) is 25.4 Å². The maximum absolute atomic E-state index is 12.6. The number of hydrogen-bond donors (Lipinski definition) is 1. The third-order valence-corrected chi connectivity index (χ3v) is 4.20. The first kappa shape index (κ1) is 17.4. The summed E-state index contributed by atoms with van der Waals surface area (Å²) in [5, 5.41) is 23.4. The molecule has 0 saturated heterocycles. The lowest BCUT2D eigenvalue weighted by Crippen LogP contribution is -2.26. The van der Waals surface area contributed by atoms with Crippen LogP contribution in [0.3, 0.4) is 0 Å². The van der Waals surface area contributed by atoms with E-state index in [0.717, 1.165) is 18.4 Å². The molecule has 0 spiro atoms. The number of hydrogen-bond acceptors (Lipinski definition) is 5. The highest BCUT2D eigenvalue weighted by atomic mass is 16.6. The van der Waals surface area contributed by atoms with Gasteiger partial charge in [-0.05, 0) is 42.7 Å². The van der Waals surface area contributed by atoms with E-state index in [2.05, 4.69) is 11.4 Å². The second-order valence-electron chi connectivity index (χ2n) is 6.38. The molecule has 0 atom stereocenters. The summed E-state index contributed by atoms with van der Waals surface area (Å²) in [5.74, 6) is -0.312. The van der Waals surface area contributed by atoms with Crippen LogP contribution in [0.1, 0.15) is 34.3 Å². The molecule has 0 unspecified atom stereocenters. The number of nitro groups is 1. The van der Waals surface area contributed by atoms with E-state index in [1.807, 2.05) is 6.07 Å². The summed E-state index contributed by atoms with van der Waals surface area (Å²) < 4.78 is 0. The molecule has 1 fully saturated rings. The number of nitrogens with zero attached hydrogens (tertiary/aromatic N) is 3. The van der Waals surface area contributed by atoms with E-state index in [4.69, 9.17) is 5.26 Å². The first-order chi connectivity index (χ1) is 12.5. The molecule has 7 heteroatoms. The standard InChI is InChI=1S/C19H18N4O3/c1-22(12-14-4-2-3-13(9-14)11-20)19(24)15-5-8-17(21-16-6-7-16)18(10-15)23(25)26/h2-5,8-10,16,21H,6-7,12H2,1H3. The number of amides is 1. The molecule has 0 heterocycles. The lowest BCUT2D eigenvalue weighted by Gasteiger charge is -2.18. The molecular weight excluding hydrogens is 332 g/mol. The fraction of sp³-hybridized carbons (Fsp3) is 0.263. The van der Waals surface area contributed by atoms with Crippen molar-refractivity contribution in [2.24, 2.45) is 0 Å². The molecule has 7 nitrogen and oxygen atoms in total. The van der Waals surface area contributed by atoms with Crippen LogP contribution >= 0.6 is 0 Å². The van der Waals surface area contributed by atoms with Crippen LogP contribution in [0.5, 0.6) is 0 Å². The topological polar surface area (TPSA) is 99.3 Å². The van der Waals surface area contributed by atoms with E-state index in [9.17, 15) is 14.9 Å². The van der Waals surface area contributed by atoms with Crippen LogP contribution in [0.15, 0.2) is 42.5 Å². The Balaban J connectivity index is 1.78. The largest absolute Gasteiger partial charge is 0.377 e. The van der Waals surface area contributed by atoms with Gasteiger partial charge in [-0.3, -0.25) is 14.9 Å². The van der Waals surface area contributed by atoms with Gasteiger partial charge in [0.25, 0.3) is 11.6 Å². The van der Waals surface area contributed by atoms with Gasteiger partial charge in [0.15, 0.2) is 0 Å². The van der Waals surface area contributed by atoms with E-state index in [1.165, 1.54) is 11.0 Å². The van der Waals surface area contributed by atoms with Crippen molar-refractivity contribution in [3.8, 4) is 6.07 Å². The molecule has 3 rings (SSSR count). The molecule has 1 aliphatic carbocycles. The molecular formula is C19H18N4O3. The lowest BCUT2D eigenvalue weighted by atomic mass is 10.1. The van der Waals surface area contributed by atoms with Crippen molar-refractivity contribution < 1.29 is 9.72 Å². The SMILES string of the molecule is CN(Cc1cccc(C#N)c1)C(=O)c1ccc(NC2CC2)c([N+](=O)[O-])c1. The molecule has 0 aromatic heterocycles. The third-order valence-electron chi connectivity index (χ3n) is 4.20. The molecule has 2 aromatic carbocycles. The fourth-order valence-electron chi connectivity index (χ4n) is 2.69. The number of nitrogens with one attached hydrogen (secondary N) is 1. The zero-order chi connectivity index (χ0) is 18.7. The average molecular weight is 350 g/mol. The van der Waals surface area contributed by atoms with Crippen molar-refractivity contribution in [3.05, 3.63) is 69.3 Å². The minimum absolute atomic E-state index is 0.0948. The zero-order valence-corrected chi connectivity index (χ0v) is 14.3. The number of anilines is 1. The number of rotatable bonds is 6. The zero-order valence-electron chi connectivity index (χ0n) is 14.3. The second-order valence-corrected chi connectivity index (χ2v) is 6.38. The van der Waals surface area contributed by atoms with Gasteiger partial charge in [0.05, 0.1) is 16.6 Å². The predicted molar refractivity (Wildman–Crippen MR) is 96.7 cm³/mol. The molecule has 26 heavy (non-hydrogen) atoms. The van der Waals surface area contributed by atoms with Crippen molar-refractivity contribution >= 4 is 17.3 Å². The first-order valence-electron chi connectivity index (χ1n) is 8.27. The average Bonchev–Trinajstić information content (AvgIpc) is 3.45. The van der Waals surface area contributed by atoms with Crippen LogP contribution in [0.4, 0.5) is 11.4 Å². The molecule has 0 bridgehead atoms. The number of nitriles is 1. The summed E-state index contributed by atoms with van der Waals surface area (Å²) in [7, 11) is 1.63. The van der Waals surface area contributed by atoms with Crippen LogP contribution in [0.25, 0.3) is 0 Å². The third kappa shape index (κ3) is 3.98. The Bertz CT molecular complexity index is 900. The van der Waals surface area contributed by atoms with Crippen LogP contribution in [0, 0.1) is 21.4 Å². The molecule has 1 N–H and O–H groups in total. The Morgan fingerprint density at radius 1 is 1.35 bits per heavy atom.